The molecule has 0 aromatic carbocycles. The number of unbranched alkanes of at least 4 members (excludes halogenated alkanes) is 5. The molecule has 0 saturated heterocycles. The summed E-state index contributed by atoms with van der Waals surface area (Å²) in [6.07, 6.45) is 8.88. The van der Waals surface area contributed by atoms with Crippen molar-refractivity contribution in [3.8, 4) is 0 Å². The number of rotatable bonds is 9. The molecule has 1 aromatic heterocycles. The molecular formula is C18H30N2O2S. The zero-order chi connectivity index (χ0) is 16.7. The van der Waals surface area contributed by atoms with Crippen LogP contribution in [-0.2, 0) is 17.7 Å². The summed E-state index contributed by atoms with van der Waals surface area (Å²) in [7, 11) is 0. The third-order valence-corrected chi connectivity index (χ3v) is 5.52. The van der Waals surface area contributed by atoms with E-state index in [-0.39, 0.29) is 5.97 Å². The van der Waals surface area contributed by atoms with Gasteiger partial charge in [-0.3, -0.25) is 4.90 Å². The third kappa shape index (κ3) is 4.95. The Kier molecular flexibility index (Phi) is 7.37. The van der Waals surface area contributed by atoms with Crippen LogP contribution in [0.15, 0.2) is 0 Å². The average Bonchev–Trinajstić information content (AvgIpc) is 2.86. The van der Waals surface area contributed by atoms with E-state index in [1.165, 1.54) is 43.4 Å². The summed E-state index contributed by atoms with van der Waals surface area (Å²) in [5, 5.41) is 0.620. The van der Waals surface area contributed by atoms with Crippen molar-refractivity contribution in [1.82, 2.24) is 4.90 Å². The van der Waals surface area contributed by atoms with E-state index in [9.17, 15) is 4.79 Å². The number of fused-ring (bicyclic) bond motifs is 1. The molecule has 2 N–H and O–H groups in total. The second-order valence-corrected chi connectivity index (χ2v) is 7.39. The highest BCUT2D eigenvalue weighted by Gasteiger charge is 2.27. The standard InChI is InChI=1S/C18H30N2O2S/c1-3-5-6-7-8-9-11-20-12-10-14-15(13-20)23-17(19)16(14)18(21)22-4-2/h3-13,19H2,1-2H3. The first-order valence-corrected chi connectivity index (χ1v) is 9.78. The molecule has 0 spiro atoms. The van der Waals surface area contributed by atoms with Crippen molar-refractivity contribution in [1.29, 1.82) is 0 Å². The van der Waals surface area contributed by atoms with Crippen LogP contribution in [0.3, 0.4) is 0 Å². The molecule has 0 amide bonds. The van der Waals surface area contributed by atoms with Gasteiger partial charge in [-0.05, 0) is 31.9 Å². The van der Waals surface area contributed by atoms with E-state index in [2.05, 4.69) is 11.8 Å². The van der Waals surface area contributed by atoms with Gasteiger partial charge in [0.05, 0.1) is 12.2 Å². The van der Waals surface area contributed by atoms with Crippen molar-refractivity contribution >= 4 is 22.3 Å². The highest BCUT2D eigenvalue weighted by atomic mass is 32.1. The Bertz CT molecular complexity index is 513. The number of hydrogen-bond donors (Lipinski definition) is 1. The minimum atomic E-state index is -0.258. The van der Waals surface area contributed by atoms with Crippen LogP contribution >= 0.6 is 11.3 Å². The van der Waals surface area contributed by atoms with Gasteiger partial charge < -0.3 is 10.5 Å². The number of nitrogens with two attached hydrogens (primary N) is 1. The van der Waals surface area contributed by atoms with Crippen molar-refractivity contribution in [2.75, 3.05) is 25.4 Å². The Morgan fingerprint density at radius 2 is 1.96 bits per heavy atom. The van der Waals surface area contributed by atoms with Crippen LogP contribution in [0.5, 0.6) is 0 Å². The second-order valence-electron chi connectivity index (χ2n) is 6.26. The number of ether oxygens (including phenoxy) is 1. The molecule has 0 fully saturated rings. The normalized spacial score (nSPS) is 14.7. The van der Waals surface area contributed by atoms with Crippen molar-refractivity contribution in [2.24, 2.45) is 0 Å². The molecule has 4 nitrogen and oxygen atoms in total. The number of hydrogen-bond acceptors (Lipinski definition) is 5. The molecule has 2 heterocycles. The molecule has 5 heteroatoms. The zero-order valence-electron chi connectivity index (χ0n) is 14.5. The maximum absolute atomic E-state index is 12.1. The van der Waals surface area contributed by atoms with Gasteiger partial charge in [-0.15, -0.1) is 11.3 Å². The molecule has 1 aliphatic rings. The van der Waals surface area contributed by atoms with Gasteiger partial charge in [0.15, 0.2) is 0 Å². The van der Waals surface area contributed by atoms with Gasteiger partial charge in [0, 0.05) is 18.0 Å². The number of thiophene rings is 1. The smallest absolute Gasteiger partial charge is 0.341 e. The fourth-order valence-corrected chi connectivity index (χ4v) is 4.36. The summed E-state index contributed by atoms with van der Waals surface area (Å²) in [6, 6.07) is 0. The first kappa shape index (κ1) is 18.3. The van der Waals surface area contributed by atoms with Gasteiger partial charge in [0.1, 0.15) is 5.00 Å². The number of nitrogen functional groups attached to an aromatic ring is 1. The molecule has 0 bridgehead atoms. The van der Waals surface area contributed by atoms with Crippen LogP contribution in [0.1, 0.15) is 73.2 Å². The number of carbonyl (C=O) groups is 1. The molecule has 2 rings (SSSR count). The lowest BCUT2D eigenvalue weighted by Crippen LogP contribution is -2.31. The molecule has 23 heavy (non-hydrogen) atoms. The van der Waals surface area contributed by atoms with Crippen LogP contribution in [0.4, 0.5) is 5.00 Å². The summed E-state index contributed by atoms with van der Waals surface area (Å²) in [5.74, 6) is -0.258. The average molecular weight is 339 g/mol. The minimum Gasteiger partial charge on any atom is -0.462 e. The lowest BCUT2D eigenvalue weighted by Gasteiger charge is -2.27. The molecular weight excluding hydrogens is 308 g/mol. The molecule has 1 aliphatic heterocycles. The van der Waals surface area contributed by atoms with Crippen LogP contribution in [0.25, 0.3) is 0 Å². The van der Waals surface area contributed by atoms with Crippen molar-refractivity contribution in [3.05, 3.63) is 16.0 Å². The van der Waals surface area contributed by atoms with E-state index in [4.69, 9.17) is 10.5 Å². The second kappa shape index (κ2) is 9.28. The van der Waals surface area contributed by atoms with Gasteiger partial charge in [0.25, 0.3) is 0 Å². The van der Waals surface area contributed by atoms with Crippen LogP contribution in [0.2, 0.25) is 0 Å². The van der Waals surface area contributed by atoms with Crippen LogP contribution in [0, 0.1) is 0 Å². The Hall–Kier alpha value is -1.07. The third-order valence-electron chi connectivity index (χ3n) is 4.47. The fraction of sp³-hybridized carbons (Fsp3) is 0.722. The lowest BCUT2D eigenvalue weighted by atomic mass is 10.0. The van der Waals surface area contributed by atoms with Crippen molar-refractivity contribution in [2.45, 2.75) is 65.3 Å². The summed E-state index contributed by atoms with van der Waals surface area (Å²) < 4.78 is 5.15. The first-order valence-electron chi connectivity index (χ1n) is 8.96. The number of esters is 1. The molecule has 130 valence electrons. The molecule has 0 saturated carbocycles. The van der Waals surface area contributed by atoms with Crippen LogP contribution < -0.4 is 5.73 Å². The quantitative estimate of drug-likeness (QED) is 0.541. The predicted octanol–water partition coefficient (Wildman–Crippen LogP) is 4.23. The van der Waals surface area contributed by atoms with E-state index < -0.39 is 0 Å². The molecule has 0 atom stereocenters. The monoisotopic (exact) mass is 338 g/mol. The molecule has 0 unspecified atom stereocenters. The first-order chi connectivity index (χ1) is 11.2. The van der Waals surface area contributed by atoms with Gasteiger partial charge in [0.2, 0.25) is 0 Å². The predicted molar refractivity (Wildman–Crippen MR) is 97.0 cm³/mol. The largest absolute Gasteiger partial charge is 0.462 e. The minimum absolute atomic E-state index is 0.258. The molecule has 0 radical (unpaired) electrons. The zero-order valence-corrected chi connectivity index (χ0v) is 15.3. The van der Waals surface area contributed by atoms with Gasteiger partial charge in [-0.25, -0.2) is 4.79 Å². The van der Waals surface area contributed by atoms with Crippen LogP contribution in [-0.4, -0.2) is 30.6 Å². The number of carbonyl (C=O) groups excluding carboxylic acids is 1. The maximum Gasteiger partial charge on any atom is 0.341 e. The topological polar surface area (TPSA) is 55.6 Å². The molecule has 0 aliphatic carbocycles. The van der Waals surface area contributed by atoms with Crippen molar-refractivity contribution < 1.29 is 9.53 Å². The Morgan fingerprint density at radius 3 is 2.70 bits per heavy atom. The number of anilines is 1. The summed E-state index contributed by atoms with van der Waals surface area (Å²) >= 11 is 1.56. The van der Waals surface area contributed by atoms with Gasteiger partial charge in [-0.2, -0.15) is 0 Å². The summed E-state index contributed by atoms with van der Waals surface area (Å²) in [6.45, 7) is 7.58. The highest BCUT2D eigenvalue weighted by Crippen LogP contribution is 2.35. The summed E-state index contributed by atoms with van der Waals surface area (Å²) in [4.78, 5) is 15.8. The van der Waals surface area contributed by atoms with E-state index >= 15 is 0 Å². The van der Waals surface area contributed by atoms with E-state index in [0.29, 0.717) is 17.2 Å². The number of nitrogens with zero attached hydrogens (tertiary/aromatic N) is 1. The SMILES string of the molecule is CCCCCCCCN1CCc2c(sc(N)c2C(=O)OCC)C1. The van der Waals surface area contributed by atoms with E-state index in [1.807, 2.05) is 6.92 Å². The maximum atomic E-state index is 12.1. The Morgan fingerprint density at radius 1 is 1.22 bits per heavy atom. The Labute approximate surface area is 144 Å². The van der Waals surface area contributed by atoms with E-state index in [0.717, 1.165) is 31.6 Å². The lowest BCUT2D eigenvalue weighted by molar-refractivity contribution is 0.0526. The van der Waals surface area contributed by atoms with E-state index in [1.54, 1.807) is 11.3 Å². The fourth-order valence-electron chi connectivity index (χ4n) is 3.21. The highest BCUT2D eigenvalue weighted by molar-refractivity contribution is 7.16. The van der Waals surface area contributed by atoms with Crippen molar-refractivity contribution in [3.63, 3.8) is 0 Å². The Balaban J connectivity index is 1.85. The summed E-state index contributed by atoms with van der Waals surface area (Å²) in [5.41, 5.74) is 7.83. The van der Waals surface area contributed by atoms with Gasteiger partial charge in [-0.1, -0.05) is 39.0 Å². The molecule has 1 aromatic rings. The van der Waals surface area contributed by atoms with Gasteiger partial charge >= 0.3 is 5.97 Å².